The van der Waals surface area contributed by atoms with Crippen molar-refractivity contribution < 1.29 is 33.3 Å². The lowest BCUT2D eigenvalue weighted by atomic mass is 9.75. The van der Waals surface area contributed by atoms with E-state index in [0.29, 0.717) is 41.2 Å². The minimum Gasteiger partial charge on any atom is -0.494 e. The molecule has 0 N–H and O–H groups in total. The summed E-state index contributed by atoms with van der Waals surface area (Å²) in [4.78, 5) is 25.8. The van der Waals surface area contributed by atoms with Crippen LogP contribution in [0.1, 0.15) is 86.9 Å². The molecular formula is C38H48O7. The van der Waals surface area contributed by atoms with Gasteiger partial charge < -0.3 is 23.7 Å². The minimum atomic E-state index is -0.481. The molecule has 1 aliphatic heterocycles. The van der Waals surface area contributed by atoms with Crippen LogP contribution in [0.25, 0.3) is 10.8 Å². The van der Waals surface area contributed by atoms with Crippen molar-refractivity contribution in [2.45, 2.75) is 72.3 Å². The molecule has 0 spiro atoms. The number of hydrogen-bond acceptors (Lipinski definition) is 7. The molecule has 3 atom stereocenters. The SMILES string of the molecule is CCC1(COCCCCOc2ccc3cc(OC(=O)c4ccc(C(=O)OC5CC(C)CCC5C(C)C)cc4)ccc3c2)COC1. The highest BCUT2D eigenvalue weighted by atomic mass is 16.5. The van der Waals surface area contributed by atoms with Gasteiger partial charge in [0.25, 0.3) is 0 Å². The highest BCUT2D eigenvalue weighted by Gasteiger charge is 2.37. The molecule has 2 aliphatic rings. The second kappa shape index (κ2) is 15.2. The molecule has 2 fully saturated rings. The Labute approximate surface area is 267 Å². The summed E-state index contributed by atoms with van der Waals surface area (Å²) in [7, 11) is 0. The fraction of sp³-hybridized carbons (Fsp3) is 0.526. The minimum absolute atomic E-state index is 0.0715. The molecular weight excluding hydrogens is 568 g/mol. The zero-order valence-electron chi connectivity index (χ0n) is 27.2. The third-order valence-electron chi connectivity index (χ3n) is 9.50. The third kappa shape index (κ3) is 8.65. The Kier molecular flexibility index (Phi) is 11.2. The number of carbonyl (C=O) groups excluding carboxylic acids is 2. The molecule has 5 rings (SSSR count). The summed E-state index contributed by atoms with van der Waals surface area (Å²) >= 11 is 0. The number of fused-ring (bicyclic) bond motifs is 1. The van der Waals surface area contributed by atoms with Crippen molar-refractivity contribution in [3.05, 3.63) is 71.8 Å². The molecule has 1 saturated carbocycles. The summed E-state index contributed by atoms with van der Waals surface area (Å²) in [6.07, 6.45) is 6.04. The topological polar surface area (TPSA) is 80.3 Å². The summed E-state index contributed by atoms with van der Waals surface area (Å²) in [6.45, 7) is 12.5. The van der Waals surface area contributed by atoms with E-state index in [1.807, 2.05) is 30.3 Å². The standard InChI is InChI=1S/C38H48O7/c1-5-38(24-42-25-38)23-41-18-6-7-19-43-32-15-13-31-22-33(16-14-30(31)21-32)44-36(39)28-9-11-29(12-10-28)37(40)45-35-20-27(4)8-17-34(35)26(2)3/h9-16,21-22,26-27,34-35H,5-8,17-20,23-25H2,1-4H3. The number of ether oxygens (including phenoxy) is 5. The van der Waals surface area contributed by atoms with Crippen LogP contribution in [-0.4, -0.2) is 51.1 Å². The molecule has 0 radical (unpaired) electrons. The van der Waals surface area contributed by atoms with Crippen molar-refractivity contribution in [2.24, 2.45) is 23.2 Å². The average Bonchev–Trinajstić information content (AvgIpc) is 3.01. The maximum Gasteiger partial charge on any atom is 0.343 e. The Bertz CT molecular complexity index is 1420. The van der Waals surface area contributed by atoms with Crippen molar-refractivity contribution >= 4 is 22.7 Å². The first kappa shape index (κ1) is 33.0. The van der Waals surface area contributed by atoms with Gasteiger partial charge in [-0.2, -0.15) is 0 Å². The second-order valence-corrected chi connectivity index (χ2v) is 13.4. The van der Waals surface area contributed by atoms with Gasteiger partial charge in [-0.15, -0.1) is 0 Å². The number of unbranched alkanes of at least 4 members (excludes halogenated alkanes) is 1. The number of esters is 2. The number of hydrogen-bond donors (Lipinski definition) is 0. The molecule has 242 valence electrons. The third-order valence-corrected chi connectivity index (χ3v) is 9.50. The molecule has 0 amide bonds. The van der Waals surface area contributed by atoms with Crippen molar-refractivity contribution in [3.8, 4) is 11.5 Å². The van der Waals surface area contributed by atoms with Gasteiger partial charge in [0, 0.05) is 12.0 Å². The predicted octanol–water partition coefficient (Wildman–Crippen LogP) is 8.28. The lowest BCUT2D eigenvalue weighted by molar-refractivity contribution is -0.150. The van der Waals surface area contributed by atoms with E-state index < -0.39 is 5.97 Å². The molecule has 1 heterocycles. The van der Waals surface area contributed by atoms with E-state index in [0.717, 1.165) is 75.1 Å². The van der Waals surface area contributed by atoms with E-state index in [1.165, 1.54) is 6.42 Å². The Hall–Kier alpha value is -3.42. The van der Waals surface area contributed by atoms with Gasteiger partial charge in [-0.1, -0.05) is 46.2 Å². The van der Waals surface area contributed by atoms with Crippen LogP contribution in [0, 0.1) is 23.2 Å². The number of carbonyl (C=O) groups is 2. The summed E-state index contributed by atoms with van der Waals surface area (Å²) in [5, 5.41) is 1.94. The van der Waals surface area contributed by atoms with Crippen LogP contribution in [0.3, 0.4) is 0 Å². The summed E-state index contributed by atoms with van der Waals surface area (Å²) in [5.41, 5.74) is 1.04. The zero-order valence-corrected chi connectivity index (χ0v) is 27.2. The summed E-state index contributed by atoms with van der Waals surface area (Å²) < 4.78 is 28.8. The number of rotatable bonds is 14. The zero-order chi connectivity index (χ0) is 31.8. The first-order valence-electron chi connectivity index (χ1n) is 16.6. The molecule has 7 heteroatoms. The fourth-order valence-electron chi connectivity index (χ4n) is 6.28. The second-order valence-electron chi connectivity index (χ2n) is 13.4. The Morgan fingerprint density at radius 2 is 1.51 bits per heavy atom. The molecule has 3 aromatic carbocycles. The van der Waals surface area contributed by atoms with Crippen molar-refractivity contribution in [1.82, 2.24) is 0 Å². The van der Waals surface area contributed by atoms with Gasteiger partial charge in [-0.25, -0.2) is 9.59 Å². The molecule has 3 aromatic rings. The first-order chi connectivity index (χ1) is 21.7. The molecule has 7 nitrogen and oxygen atoms in total. The van der Waals surface area contributed by atoms with E-state index >= 15 is 0 Å². The van der Waals surface area contributed by atoms with Crippen LogP contribution in [0.15, 0.2) is 60.7 Å². The fourth-order valence-corrected chi connectivity index (χ4v) is 6.28. The van der Waals surface area contributed by atoms with Crippen LogP contribution in [0.5, 0.6) is 11.5 Å². The van der Waals surface area contributed by atoms with Gasteiger partial charge in [-0.3, -0.25) is 0 Å². The van der Waals surface area contributed by atoms with Crippen LogP contribution in [0.2, 0.25) is 0 Å². The van der Waals surface area contributed by atoms with Crippen LogP contribution in [0.4, 0.5) is 0 Å². The van der Waals surface area contributed by atoms with Gasteiger partial charge in [0.1, 0.15) is 17.6 Å². The first-order valence-corrected chi connectivity index (χ1v) is 16.6. The van der Waals surface area contributed by atoms with E-state index in [1.54, 1.807) is 30.3 Å². The van der Waals surface area contributed by atoms with E-state index in [9.17, 15) is 9.59 Å². The smallest absolute Gasteiger partial charge is 0.343 e. The van der Waals surface area contributed by atoms with Crippen LogP contribution >= 0.6 is 0 Å². The maximum atomic E-state index is 12.9. The molecule has 3 unspecified atom stereocenters. The van der Waals surface area contributed by atoms with Crippen LogP contribution in [-0.2, 0) is 14.2 Å². The Balaban J connectivity index is 1.08. The predicted molar refractivity (Wildman–Crippen MR) is 175 cm³/mol. The summed E-state index contributed by atoms with van der Waals surface area (Å²) in [6, 6.07) is 17.9. The highest BCUT2D eigenvalue weighted by Crippen LogP contribution is 2.36. The van der Waals surface area contributed by atoms with Crippen molar-refractivity contribution in [2.75, 3.05) is 33.0 Å². The molecule has 45 heavy (non-hydrogen) atoms. The van der Waals surface area contributed by atoms with Gasteiger partial charge in [0.05, 0.1) is 37.6 Å². The van der Waals surface area contributed by atoms with Crippen molar-refractivity contribution in [1.29, 1.82) is 0 Å². The Morgan fingerprint density at radius 3 is 2.16 bits per heavy atom. The lowest BCUT2D eigenvalue weighted by Gasteiger charge is -2.40. The lowest BCUT2D eigenvalue weighted by Crippen LogP contribution is -2.45. The average molecular weight is 617 g/mol. The monoisotopic (exact) mass is 616 g/mol. The molecule has 1 saturated heterocycles. The normalized spacial score (nSPS) is 20.9. The van der Waals surface area contributed by atoms with E-state index in [-0.39, 0.29) is 17.5 Å². The van der Waals surface area contributed by atoms with Gasteiger partial charge in [0.15, 0.2) is 0 Å². The molecule has 0 bridgehead atoms. The Morgan fingerprint density at radius 1 is 0.867 bits per heavy atom. The quantitative estimate of drug-likeness (QED) is 0.102. The van der Waals surface area contributed by atoms with Gasteiger partial charge >= 0.3 is 11.9 Å². The largest absolute Gasteiger partial charge is 0.494 e. The number of benzene rings is 3. The van der Waals surface area contributed by atoms with E-state index in [4.69, 9.17) is 23.7 Å². The van der Waals surface area contributed by atoms with Crippen LogP contribution < -0.4 is 9.47 Å². The van der Waals surface area contributed by atoms with Gasteiger partial charge in [-0.05, 0) is 109 Å². The van der Waals surface area contributed by atoms with Gasteiger partial charge in [0.2, 0.25) is 0 Å². The van der Waals surface area contributed by atoms with Crippen molar-refractivity contribution in [3.63, 3.8) is 0 Å². The molecule has 0 aromatic heterocycles. The maximum absolute atomic E-state index is 12.9. The molecule has 1 aliphatic carbocycles. The summed E-state index contributed by atoms with van der Waals surface area (Å²) in [5.74, 6) is 1.83. The van der Waals surface area contributed by atoms with E-state index in [2.05, 4.69) is 27.7 Å². The highest BCUT2D eigenvalue weighted by molar-refractivity contribution is 5.95.